The lowest BCUT2D eigenvalue weighted by Gasteiger charge is -2.14. The lowest BCUT2D eigenvalue weighted by molar-refractivity contribution is -0.115. The van der Waals surface area contributed by atoms with Gasteiger partial charge in [0.15, 0.2) is 11.5 Å². The molecule has 158 valence electrons. The summed E-state index contributed by atoms with van der Waals surface area (Å²) in [6.07, 6.45) is 1.81. The van der Waals surface area contributed by atoms with Crippen molar-refractivity contribution in [2.45, 2.75) is 33.1 Å². The zero-order chi connectivity index (χ0) is 21.5. The van der Waals surface area contributed by atoms with E-state index < -0.39 is 0 Å². The first-order valence-electron chi connectivity index (χ1n) is 10.2. The molecule has 0 atom stereocenters. The van der Waals surface area contributed by atoms with Crippen molar-refractivity contribution >= 4 is 22.4 Å². The van der Waals surface area contributed by atoms with Crippen LogP contribution in [-0.2, 0) is 18.3 Å². The number of carbonyl (C=O) groups is 1. The number of amides is 1. The first kappa shape index (κ1) is 21.4. The van der Waals surface area contributed by atoms with E-state index in [1.807, 2.05) is 26.0 Å². The first-order valence-corrected chi connectivity index (χ1v) is 10.2. The van der Waals surface area contributed by atoms with Gasteiger partial charge in [-0.05, 0) is 31.0 Å². The highest BCUT2D eigenvalue weighted by Gasteiger charge is 2.14. The summed E-state index contributed by atoms with van der Waals surface area (Å²) < 4.78 is 12.8. The SMILES string of the molecule is CCCOc1ccc(NC(=O)Cc2nn(C)c(=O)c3ccccc23)cc1OCCC. The highest BCUT2D eigenvalue weighted by atomic mass is 16.5. The molecule has 0 spiro atoms. The molecule has 0 fully saturated rings. The number of carbonyl (C=O) groups excluding carboxylic acids is 1. The number of anilines is 1. The number of fused-ring (bicyclic) bond motifs is 1. The van der Waals surface area contributed by atoms with Crippen LogP contribution in [0.1, 0.15) is 32.4 Å². The van der Waals surface area contributed by atoms with Crippen molar-refractivity contribution in [3.8, 4) is 11.5 Å². The Morgan fingerprint density at radius 1 is 1.00 bits per heavy atom. The fourth-order valence-corrected chi connectivity index (χ4v) is 3.11. The maximum absolute atomic E-state index is 12.7. The molecule has 3 rings (SSSR count). The summed E-state index contributed by atoms with van der Waals surface area (Å²) >= 11 is 0. The molecule has 0 aliphatic rings. The molecule has 2 aromatic carbocycles. The number of aryl methyl sites for hydroxylation is 1. The van der Waals surface area contributed by atoms with Gasteiger partial charge < -0.3 is 14.8 Å². The molecule has 30 heavy (non-hydrogen) atoms. The second-order valence-corrected chi connectivity index (χ2v) is 7.00. The zero-order valence-corrected chi connectivity index (χ0v) is 17.6. The summed E-state index contributed by atoms with van der Waals surface area (Å²) in [5, 5.41) is 8.41. The largest absolute Gasteiger partial charge is 0.490 e. The van der Waals surface area contributed by atoms with E-state index in [1.54, 1.807) is 37.4 Å². The molecule has 0 bridgehead atoms. The van der Waals surface area contributed by atoms with Crippen molar-refractivity contribution in [1.82, 2.24) is 9.78 Å². The predicted octanol–water partition coefficient (Wildman–Crippen LogP) is 3.69. The Hall–Kier alpha value is -3.35. The number of rotatable bonds is 9. The van der Waals surface area contributed by atoms with Gasteiger partial charge >= 0.3 is 0 Å². The smallest absolute Gasteiger partial charge is 0.274 e. The Labute approximate surface area is 175 Å². The third-order valence-corrected chi connectivity index (χ3v) is 4.51. The van der Waals surface area contributed by atoms with Gasteiger partial charge in [0.1, 0.15) is 0 Å². The van der Waals surface area contributed by atoms with Crippen LogP contribution in [0.25, 0.3) is 10.8 Å². The van der Waals surface area contributed by atoms with Crippen LogP contribution in [0.15, 0.2) is 47.3 Å². The molecule has 0 saturated heterocycles. The maximum atomic E-state index is 12.7. The van der Waals surface area contributed by atoms with Gasteiger partial charge in [-0.2, -0.15) is 5.10 Å². The van der Waals surface area contributed by atoms with E-state index in [0.717, 1.165) is 12.8 Å². The molecule has 0 aliphatic carbocycles. The average Bonchev–Trinajstić information content (AvgIpc) is 2.75. The zero-order valence-electron chi connectivity index (χ0n) is 17.6. The van der Waals surface area contributed by atoms with Crippen LogP contribution in [0.5, 0.6) is 11.5 Å². The monoisotopic (exact) mass is 409 g/mol. The van der Waals surface area contributed by atoms with Gasteiger partial charge in [0.05, 0.1) is 30.7 Å². The topological polar surface area (TPSA) is 82.5 Å². The van der Waals surface area contributed by atoms with Gasteiger partial charge in [0.25, 0.3) is 5.56 Å². The van der Waals surface area contributed by atoms with Crippen molar-refractivity contribution in [1.29, 1.82) is 0 Å². The van der Waals surface area contributed by atoms with Crippen molar-refractivity contribution in [3.05, 3.63) is 58.5 Å². The average molecular weight is 409 g/mol. The quantitative estimate of drug-likeness (QED) is 0.583. The fraction of sp³-hybridized carbons (Fsp3) is 0.348. The minimum atomic E-state index is -0.227. The van der Waals surface area contributed by atoms with E-state index in [9.17, 15) is 9.59 Å². The number of ether oxygens (including phenoxy) is 2. The van der Waals surface area contributed by atoms with E-state index in [2.05, 4.69) is 10.4 Å². The minimum Gasteiger partial charge on any atom is -0.490 e. The van der Waals surface area contributed by atoms with Crippen LogP contribution in [0.3, 0.4) is 0 Å². The van der Waals surface area contributed by atoms with Crippen LogP contribution >= 0.6 is 0 Å². The molecule has 7 heteroatoms. The predicted molar refractivity (Wildman–Crippen MR) is 117 cm³/mol. The van der Waals surface area contributed by atoms with Crippen LogP contribution in [0, 0.1) is 0 Å². The number of nitrogens with zero attached hydrogens (tertiary/aromatic N) is 2. The van der Waals surface area contributed by atoms with Crippen LogP contribution in [0.2, 0.25) is 0 Å². The lowest BCUT2D eigenvalue weighted by Crippen LogP contribution is -2.24. The van der Waals surface area contributed by atoms with Crippen molar-refractivity contribution in [3.63, 3.8) is 0 Å². The first-order chi connectivity index (χ1) is 14.5. The van der Waals surface area contributed by atoms with Crippen LogP contribution in [0.4, 0.5) is 5.69 Å². The van der Waals surface area contributed by atoms with Crippen LogP contribution < -0.4 is 20.3 Å². The Balaban J connectivity index is 1.80. The normalized spacial score (nSPS) is 10.8. The summed E-state index contributed by atoms with van der Waals surface area (Å²) in [6, 6.07) is 12.5. The van der Waals surface area contributed by atoms with Crippen molar-refractivity contribution in [2.24, 2.45) is 7.05 Å². The summed E-state index contributed by atoms with van der Waals surface area (Å²) in [4.78, 5) is 25.0. The molecule has 1 aromatic heterocycles. The number of aromatic nitrogens is 2. The van der Waals surface area contributed by atoms with E-state index in [0.29, 0.717) is 46.9 Å². The highest BCUT2D eigenvalue weighted by molar-refractivity contribution is 5.95. The summed E-state index contributed by atoms with van der Waals surface area (Å²) in [5.74, 6) is 1.04. The van der Waals surface area contributed by atoms with E-state index in [4.69, 9.17) is 9.47 Å². The van der Waals surface area contributed by atoms with Crippen LogP contribution in [-0.4, -0.2) is 28.9 Å². The fourth-order valence-electron chi connectivity index (χ4n) is 3.11. The molecule has 0 radical (unpaired) electrons. The van der Waals surface area contributed by atoms with Gasteiger partial charge in [-0.25, -0.2) is 4.68 Å². The molecular weight excluding hydrogens is 382 g/mol. The van der Waals surface area contributed by atoms with E-state index in [1.165, 1.54) is 4.68 Å². The molecule has 1 heterocycles. The van der Waals surface area contributed by atoms with Gasteiger partial charge in [0.2, 0.25) is 5.91 Å². The number of benzene rings is 2. The summed E-state index contributed by atoms with van der Waals surface area (Å²) in [7, 11) is 1.59. The summed E-state index contributed by atoms with van der Waals surface area (Å²) in [6.45, 7) is 5.23. The molecule has 0 saturated carbocycles. The molecule has 1 amide bonds. The second kappa shape index (κ2) is 9.91. The Morgan fingerprint density at radius 2 is 1.67 bits per heavy atom. The Morgan fingerprint density at radius 3 is 2.37 bits per heavy atom. The second-order valence-electron chi connectivity index (χ2n) is 7.00. The van der Waals surface area contributed by atoms with Crippen molar-refractivity contribution < 1.29 is 14.3 Å². The molecule has 0 aliphatic heterocycles. The molecule has 1 N–H and O–H groups in total. The highest BCUT2D eigenvalue weighted by Crippen LogP contribution is 2.31. The standard InChI is InChI=1S/C23H27N3O4/c1-4-12-29-20-11-10-16(14-21(20)30-13-5-2)24-22(27)15-19-17-8-6-7-9-18(17)23(28)26(3)25-19/h6-11,14H,4-5,12-13,15H2,1-3H3,(H,24,27). The minimum absolute atomic E-state index is 0.0495. The number of hydrogen-bond donors (Lipinski definition) is 1. The third-order valence-electron chi connectivity index (χ3n) is 4.51. The molecule has 7 nitrogen and oxygen atoms in total. The van der Waals surface area contributed by atoms with Gasteiger partial charge in [-0.3, -0.25) is 9.59 Å². The Kier molecular flexibility index (Phi) is 7.06. The van der Waals surface area contributed by atoms with Gasteiger partial charge in [-0.15, -0.1) is 0 Å². The van der Waals surface area contributed by atoms with Gasteiger partial charge in [0, 0.05) is 24.2 Å². The number of hydrogen-bond acceptors (Lipinski definition) is 5. The van der Waals surface area contributed by atoms with Gasteiger partial charge in [-0.1, -0.05) is 32.0 Å². The maximum Gasteiger partial charge on any atom is 0.274 e. The number of nitrogens with one attached hydrogen (secondary N) is 1. The molecule has 3 aromatic rings. The summed E-state index contributed by atoms with van der Waals surface area (Å²) in [5.41, 5.74) is 0.981. The lowest BCUT2D eigenvalue weighted by atomic mass is 10.1. The Bertz CT molecular complexity index is 1090. The molecule has 0 unspecified atom stereocenters. The van der Waals surface area contributed by atoms with Crippen molar-refractivity contribution in [2.75, 3.05) is 18.5 Å². The van der Waals surface area contributed by atoms with E-state index in [-0.39, 0.29) is 17.9 Å². The third kappa shape index (κ3) is 4.97. The molecular formula is C23H27N3O4. The van der Waals surface area contributed by atoms with E-state index >= 15 is 0 Å².